The molecule has 1 aromatic carbocycles. The van der Waals surface area contributed by atoms with Gasteiger partial charge in [-0.2, -0.15) is 0 Å². The number of hydrogen-bond acceptors (Lipinski definition) is 1. The van der Waals surface area contributed by atoms with E-state index < -0.39 is 0 Å². The summed E-state index contributed by atoms with van der Waals surface area (Å²) in [5, 5.41) is 0. The predicted octanol–water partition coefficient (Wildman–Crippen LogP) is 1.85. The van der Waals surface area contributed by atoms with Crippen molar-refractivity contribution in [3.63, 3.8) is 0 Å². The first-order valence-corrected chi connectivity index (χ1v) is 5.18. The quantitative estimate of drug-likeness (QED) is 0.710. The Morgan fingerprint density at radius 3 is 2.50 bits per heavy atom. The molecule has 1 fully saturated rings. The lowest BCUT2D eigenvalue weighted by Crippen LogP contribution is -2.42. The van der Waals surface area contributed by atoms with Crippen LogP contribution < -0.4 is 0 Å². The second kappa shape index (κ2) is 4.27. The van der Waals surface area contributed by atoms with Crippen LogP contribution in [0.15, 0.2) is 30.3 Å². The number of likely N-dealkylation sites (tertiary alicyclic amines) is 1. The maximum Gasteiger partial charge on any atom is 0.222 e. The van der Waals surface area contributed by atoms with E-state index in [0.717, 1.165) is 19.5 Å². The summed E-state index contributed by atoms with van der Waals surface area (Å²) in [6, 6.07) is 10.2. The van der Waals surface area contributed by atoms with Crippen molar-refractivity contribution in [2.45, 2.75) is 19.3 Å². The average molecular weight is 189 g/mol. The monoisotopic (exact) mass is 189 g/mol. The SMILES string of the molecule is O=C(CCc1ccccc1)N1CCC1. The van der Waals surface area contributed by atoms with Crippen molar-refractivity contribution in [2.75, 3.05) is 13.1 Å². The van der Waals surface area contributed by atoms with Crippen molar-refractivity contribution in [3.05, 3.63) is 35.9 Å². The van der Waals surface area contributed by atoms with Gasteiger partial charge in [-0.25, -0.2) is 0 Å². The van der Waals surface area contributed by atoms with Gasteiger partial charge in [0.15, 0.2) is 0 Å². The third-order valence-corrected chi connectivity index (χ3v) is 2.68. The van der Waals surface area contributed by atoms with E-state index in [1.54, 1.807) is 0 Å². The molecule has 0 bridgehead atoms. The van der Waals surface area contributed by atoms with Crippen LogP contribution in [0.4, 0.5) is 0 Å². The second-order valence-electron chi connectivity index (χ2n) is 3.72. The first-order chi connectivity index (χ1) is 6.86. The van der Waals surface area contributed by atoms with Crippen molar-refractivity contribution in [1.29, 1.82) is 0 Å². The Labute approximate surface area is 84.5 Å². The van der Waals surface area contributed by atoms with Gasteiger partial charge in [-0.15, -0.1) is 0 Å². The summed E-state index contributed by atoms with van der Waals surface area (Å²) >= 11 is 0. The maximum atomic E-state index is 11.5. The molecule has 0 spiro atoms. The van der Waals surface area contributed by atoms with Gasteiger partial charge in [-0.1, -0.05) is 30.3 Å². The minimum absolute atomic E-state index is 0.306. The van der Waals surface area contributed by atoms with Gasteiger partial charge in [0.1, 0.15) is 0 Å². The van der Waals surface area contributed by atoms with Crippen LogP contribution in [0.3, 0.4) is 0 Å². The summed E-state index contributed by atoms with van der Waals surface area (Å²) in [5.41, 5.74) is 1.25. The molecule has 1 aliphatic rings. The second-order valence-corrected chi connectivity index (χ2v) is 3.72. The van der Waals surface area contributed by atoms with Gasteiger partial charge in [0.05, 0.1) is 0 Å². The van der Waals surface area contributed by atoms with Crippen molar-refractivity contribution in [1.82, 2.24) is 4.90 Å². The van der Waals surface area contributed by atoms with Gasteiger partial charge in [0.25, 0.3) is 0 Å². The summed E-state index contributed by atoms with van der Waals surface area (Å²) in [5.74, 6) is 0.306. The van der Waals surface area contributed by atoms with Gasteiger partial charge in [-0.3, -0.25) is 4.79 Å². The maximum absolute atomic E-state index is 11.5. The molecule has 1 aliphatic heterocycles. The van der Waals surface area contributed by atoms with Gasteiger partial charge in [0, 0.05) is 19.5 Å². The van der Waals surface area contributed by atoms with Crippen LogP contribution in [0, 0.1) is 0 Å². The number of aryl methyl sites for hydroxylation is 1. The molecule has 0 radical (unpaired) electrons. The molecule has 1 heterocycles. The van der Waals surface area contributed by atoms with Crippen molar-refractivity contribution in [2.24, 2.45) is 0 Å². The van der Waals surface area contributed by atoms with E-state index in [1.807, 2.05) is 23.1 Å². The Bertz CT molecular complexity index is 303. The number of carbonyl (C=O) groups is 1. The van der Waals surface area contributed by atoms with Crippen molar-refractivity contribution in [3.8, 4) is 0 Å². The minimum Gasteiger partial charge on any atom is -0.343 e. The molecule has 0 aliphatic carbocycles. The molecular weight excluding hydrogens is 174 g/mol. The summed E-state index contributed by atoms with van der Waals surface area (Å²) in [7, 11) is 0. The number of hydrogen-bond donors (Lipinski definition) is 0. The van der Waals surface area contributed by atoms with Crippen LogP contribution in [0.5, 0.6) is 0 Å². The molecule has 2 heteroatoms. The molecule has 1 amide bonds. The van der Waals surface area contributed by atoms with Gasteiger partial charge in [0.2, 0.25) is 5.91 Å². The molecule has 74 valence electrons. The predicted molar refractivity (Wildman–Crippen MR) is 56.0 cm³/mol. The number of rotatable bonds is 3. The lowest BCUT2D eigenvalue weighted by atomic mass is 10.1. The molecule has 0 aromatic heterocycles. The highest BCUT2D eigenvalue weighted by molar-refractivity contribution is 5.77. The molecule has 2 nitrogen and oxygen atoms in total. The number of carbonyl (C=O) groups excluding carboxylic acids is 1. The smallest absolute Gasteiger partial charge is 0.222 e. The third kappa shape index (κ3) is 2.13. The molecule has 1 aromatic rings. The summed E-state index contributed by atoms with van der Waals surface area (Å²) in [6.07, 6.45) is 2.71. The highest BCUT2D eigenvalue weighted by Gasteiger charge is 2.19. The van der Waals surface area contributed by atoms with E-state index in [0.29, 0.717) is 12.3 Å². The lowest BCUT2D eigenvalue weighted by Gasteiger charge is -2.30. The third-order valence-electron chi connectivity index (χ3n) is 2.68. The Morgan fingerprint density at radius 2 is 1.93 bits per heavy atom. The van der Waals surface area contributed by atoms with Gasteiger partial charge < -0.3 is 4.90 Å². The van der Waals surface area contributed by atoms with E-state index in [1.165, 1.54) is 12.0 Å². The molecule has 0 saturated carbocycles. The molecular formula is C12H15NO. The Morgan fingerprint density at radius 1 is 1.21 bits per heavy atom. The van der Waals surface area contributed by atoms with Gasteiger partial charge in [-0.05, 0) is 18.4 Å². The summed E-state index contributed by atoms with van der Waals surface area (Å²) < 4.78 is 0. The van der Waals surface area contributed by atoms with E-state index in [4.69, 9.17) is 0 Å². The molecule has 0 N–H and O–H groups in total. The highest BCUT2D eigenvalue weighted by atomic mass is 16.2. The Kier molecular flexibility index (Phi) is 2.82. The minimum atomic E-state index is 0.306. The van der Waals surface area contributed by atoms with Crippen LogP contribution in [0.25, 0.3) is 0 Å². The largest absolute Gasteiger partial charge is 0.343 e. The molecule has 14 heavy (non-hydrogen) atoms. The van der Waals surface area contributed by atoms with Crippen LogP contribution >= 0.6 is 0 Å². The number of amides is 1. The van der Waals surface area contributed by atoms with E-state index in [9.17, 15) is 4.79 Å². The summed E-state index contributed by atoms with van der Waals surface area (Å²) in [6.45, 7) is 1.93. The summed E-state index contributed by atoms with van der Waals surface area (Å²) in [4.78, 5) is 13.5. The zero-order valence-corrected chi connectivity index (χ0v) is 8.28. The Hall–Kier alpha value is -1.31. The van der Waals surface area contributed by atoms with E-state index >= 15 is 0 Å². The standard InChI is InChI=1S/C12H15NO/c14-12(13-9-4-10-13)8-7-11-5-2-1-3-6-11/h1-3,5-6H,4,7-10H2. The van der Waals surface area contributed by atoms with Crippen molar-refractivity contribution < 1.29 is 4.79 Å². The van der Waals surface area contributed by atoms with E-state index in [2.05, 4.69) is 12.1 Å². The first kappa shape index (κ1) is 9.25. The van der Waals surface area contributed by atoms with Gasteiger partial charge >= 0.3 is 0 Å². The van der Waals surface area contributed by atoms with E-state index in [-0.39, 0.29) is 0 Å². The molecule has 0 unspecified atom stereocenters. The normalized spacial score (nSPS) is 15.0. The highest BCUT2D eigenvalue weighted by Crippen LogP contribution is 2.10. The fourth-order valence-electron chi connectivity index (χ4n) is 1.62. The fraction of sp³-hybridized carbons (Fsp3) is 0.417. The Balaban J connectivity index is 1.79. The van der Waals surface area contributed by atoms with Crippen LogP contribution in [0.2, 0.25) is 0 Å². The number of benzene rings is 1. The molecule has 0 atom stereocenters. The molecule has 2 rings (SSSR count). The molecule has 1 saturated heterocycles. The first-order valence-electron chi connectivity index (χ1n) is 5.18. The van der Waals surface area contributed by atoms with Crippen LogP contribution in [-0.4, -0.2) is 23.9 Å². The van der Waals surface area contributed by atoms with Crippen molar-refractivity contribution >= 4 is 5.91 Å². The van der Waals surface area contributed by atoms with Crippen LogP contribution in [0.1, 0.15) is 18.4 Å². The number of nitrogens with zero attached hydrogens (tertiary/aromatic N) is 1. The lowest BCUT2D eigenvalue weighted by molar-refractivity contribution is -0.134. The fourth-order valence-corrected chi connectivity index (χ4v) is 1.62. The average Bonchev–Trinajstić information content (AvgIpc) is 2.14. The zero-order valence-electron chi connectivity index (χ0n) is 8.28. The van der Waals surface area contributed by atoms with Crippen LogP contribution in [-0.2, 0) is 11.2 Å². The zero-order chi connectivity index (χ0) is 9.80. The topological polar surface area (TPSA) is 20.3 Å².